The molecule has 4 heteroatoms. The standard InChI is InChI=1S/C14H12O3.H3P/c15-12-5-3-10(4-6-12)1-2-11-7-13(16)9-14(17)8-11;/h1-9,15-17H;1H3. The van der Waals surface area contributed by atoms with Gasteiger partial charge in [-0.05, 0) is 35.4 Å². The highest BCUT2D eigenvalue weighted by Gasteiger charge is 1.95. The van der Waals surface area contributed by atoms with Crippen molar-refractivity contribution in [2.75, 3.05) is 0 Å². The summed E-state index contributed by atoms with van der Waals surface area (Å²) in [5, 5.41) is 27.7. The lowest BCUT2D eigenvalue weighted by Crippen LogP contribution is -1.74. The van der Waals surface area contributed by atoms with E-state index >= 15 is 0 Å². The summed E-state index contributed by atoms with van der Waals surface area (Å²) in [7, 11) is 0. The van der Waals surface area contributed by atoms with Crippen LogP contribution in [0.3, 0.4) is 0 Å². The average Bonchev–Trinajstić information content (AvgIpc) is 2.27. The molecule has 0 fully saturated rings. The van der Waals surface area contributed by atoms with E-state index in [1.165, 1.54) is 6.07 Å². The van der Waals surface area contributed by atoms with Crippen molar-refractivity contribution in [3.05, 3.63) is 53.6 Å². The van der Waals surface area contributed by atoms with Gasteiger partial charge in [0.05, 0.1) is 0 Å². The Morgan fingerprint density at radius 3 is 1.67 bits per heavy atom. The lowest BCUT2D eigenvalue weighted by atomic mass is 10.1. The van der Waals surface area contributed by atoms with Crippen LogP contribution in [0.5, 0.6) is 17.2 Å². The maximum absolute atomic E-state index is 9.30. The SMILES string of the molecule is Oc1ccc(C=Cc2cc(O)cc(O)c2)cc1.P. The van der Waals surface area contributed by atoms with Crippen molar-refractivity contribution < 1.29 is 15.3 Å². The van der Waals surface area contributed by atoms with Crippen LogP contribution in [0.15, 0.2) is 42.5 Å². The van der Waals surface area contributed by atoms with Crippen molar-refractivity contribution in [3.8, 4) is 17.2 Å². The molecule has 2 aromatic rings. The maximum atomic E-state index is 9.30. The van der Waals surface area contributed by atoms with E-state index in [4.69, 9.17) is 5.11 Å². The lowest BCUT2D eigenvalue weighted by Gasteiger charge is -1.98. The molecule has 3 nitrogen and oxygen atoms in total. The highest BCUT2D eigenvalue weighted by atomic mass is 31.0. The Bertz CT molecular complexity index is 527. The lowest BCUT2D eigenvalue weighted by molar-refractivity contribution is 0.450. The van der Waals surface area contributed by atoms with E-state index in [1.807, 2.05) is 6.08 Å². The molecule has 1 atom stereocenters. The van der Waals surface area contributed by atoms with Gasteiger partial charge in [-0.2, -0.15) is 9.90 Å². The molecule has 0 aliphatic rings. The molecule has 2 rings (SSSR count). The van der Waals surface area contributed by atoms with Gasteiger partial charge in [-0.15, -0.1) is 0 Å². The molecule has 18 heavy (non-hydrogen) atoms. The van der Waals surface area contributed by atoms with E-state index in [1.54, 1.807) is 42.5 Å². The third kappa shape index (κ3) is 3.79. The number of rotatable bonds is 2. The van der Waals surface area contributed by atoms with Crippen molar-refractivity contribution in [2.24, 2.45) is 0 Å². The molecule has 94 valence electrons. The highest BCUT2D eigenvalue weighted by molar-refractivity contribution is 6.92. The molecule has 0 aliphatic heterocycles. The monoisotopic (exact) mass is 262 g/mol. The van der Waals surface area contributed by atoms with Gasteiger partial charge in [0.2, 0.25) is 0 Å². The van der Waals surface area contributed by atoms with Crippen molar-refractivity contribution in [1.29, 1.82) is 0 Å². The first kappa shape index (κ1) is 14.1. The van der Waals surface area contributed by atoms with Crippen LogP contribution in [0.25, 0.3) is 12.2 Å². The van der Waals surface area contributed by atoms with E-state index in [2.05, 4.69) is 0 Å². The molecular formula is C14H15O3P. The van der Waals surface area contributed by atoms with Crippen LogP contribution in [0.2, 0.25) is 0 Å². The first-order chi connectivity index (χ1) is 8.13. The zero-order chi connectivity index (χ0) is 12.3. The fourth-order valence-electron chi connectivity index (χ4n) is 1.49. The molecule has 0 heterocycles. The number of benzene rings is 2. The molecule has 0 amide bonds. The van der Waals surface area contributed by atoms with Crippen molar-refractivity contribution >= 4 is 22.1 Å². The summed E-state index contributed by atoms with van der Waals surface area (Å²) in [6.07, 6.45) is 3.60. The van der Waals surface area contributed by atoms with Crippen LogP contribution in [0.4, 0.5) is 0 Å². The quantitative estimate of drug-likeness (QED) is 0.576. The van der Waals surface area contributed by atoms with Gasteiger partial charge in [-0.3, -0.25) is 0 Å². The van der Waals surface area contributed by atoms with E-state index in [-0.39, 0.29) is 27.1 Å². The molecule has 3 N–H and O–H groups in total. The third-order valence-corrected chi connectivity index (χ3v) is 2.29. The average molecular weight is 262 g/mol. The molecule has 0 saturated heterocycles. The Labute approximate surface area is 109 Å². The number of phenols is 3. The molecule has 0 bridgehead atoms. The summed E-state index contributed by atoms with van der Waals surface area (Å²) in [6, 6.07) is 11.1. The predicted octanol–water partition coefficient (Wildman–Crippen LogP) is 3.03. The first-order valence-electron chi connectivity index (χ1n) is 5.13. The summed E-state index contributed by atoms with van der Waals surface area (Å²) in [5.41, 5.74) is 1.63. The summed E-state index contributed by atoms with van der Waals surface area (Å²) in [4.78, 5) is 0. The van der Waals surface area contributed by atoms with Gasteiger partial charge in [-0.25, -0.2) is 0 Å². The van der Waals surface area contributed by atoms with Gasteiger partial charge in [0.25, 0.3) is 0 Å². The summed E-state index contributed by atoms with van der Waals surface area (Å²) in [6.45, 7) is 0. The molecule has 0 aliphatic carbocycles. The summed E-state index contributed by atoms with van der Waals surface area (Å²) >= 11 is 0. The second kappa shape index (κ2) is 6.08. The fourth-order valence-corrected chi connectivity index (χ4v) is 1.49. The second-order valence-electron chi connectivity index (χ2n) is 3.71. The third-order valence-electron chi connectivity index (χ3n) is 2.29. The Hall–Kier alpha value is -1.99. The molecule has 1 unspecified atom stereocenters. The molecule has 0 aromatic heterocycles. The highest BCUT2D eigenvalue weighted by Crippen LogP contribution is 2.22. The molecular weight excluding hydrogens is 247 g/mol. The molecule has 0 spiro atoms. The number of hydrogen-bond acceptors (Lipinski definition) is 3. The van der Waals surface area contributed by atoms with Crippen LogP contribution in [-0.2, 0) is 0 Å². The van der Waals surface area contributed by atoms with Crippen molar-refractivity contribution in [2.45, 2.75) is 0 Å². The minimum absolute atomic E-state index is 0. The molecule has 0 radical (unpaired) electrons. The summed E-state index contributed by atoms with van der Waals surface area (Å²) in [5.74, 6) is 0.267. The van der Waals surface area contributed by atoms with Crippen LogP contribution in [0, 0.1) is 0 Å². The zero-order valence-corrected chi connectivity index (χ0v) is 11.2. The van der Waals surface area contributed by atoms with E-state index in [0.717, 1.165) is 5.56 Å². The Morgan fingerprint density at radius 2 is 1.11 bits per heavy atom. The largest absolute Gasteiger partial charge is 0.508 e. The van der Waals surface area contributed by atoms with Crippen LogP contribution < -0.4 is 0 Å². The number of hydrogen-bond donors (Lipinski definition) is 3. The first-order valence-corrected chi connectivity index (χ1v) is 5.13. The number of aromatic hydroxyl groups is 3. The minimum atomic E-state index is 0. The van der Waals surface area contributed by atoms with Gasteiger partial charge in [0, 0.05) is 6.07 Å². The second-order valence-corrected chi connectivity index (χ2v) is 3.71. The van der Waals surface area contributed by atoms with E-state index in [9.17, 15) is 10.2 Å². The van der Waals surface area contributed by atoms with Crippen molar-refractivity contribution in [1.82, 2.24) is 0 Å². The Kier molecular flexibility index (Phi) is 4.75. The maximum Gasteiger partial charge on any atom is 0.119 e. The van der Waals surface area contributed by atoms with Crippen LogP contribution >= 0.6 is 9.90 Å². The van der Waals surface area contributed by atoms with Gasteiger partial charge in [-0.1, -0.05) is 24.3 Å². The molecule has 2 aromatic carbocycles. The van der Waals surface area contributed by atoms with Crippen LogP contribution in [-0.4, -0.2) is 15.3 Å². The van der Waals surface area contributed by atoms with E-state index in [0.29, 0.717) is 5.56 Å². The smallest absolute Gasteiger partial charge is 0.119 e. The zero-order valence-electron chi connectivity index (χ0n) is 9.74. The number of phenolic OH excluding ortho intramolecular Hbond substituents is 3. The van der Waals surface area contributed by atoms with E-state index < -0.39 is 0 Å². The predicted molar refractivity (Wildman–Crippen MR) is 77.9 cm³/mol. The van der Waals surface area contributed by atoms with Crippen molar-refractivity contribution in [3.63, 3.8) is 0 Å². The van der Waals surface area contributed by atoms with Gasteiger partial charge >= 0.3 is 0 Å². The van der Waals surface area contributed by atoms with Gasteiger partial charge in [0.15, 0.2) is 0 Å². The summed E-state index contributed by atoms with van der Waals surface area (Å²) < 4.78 is 0. The van der Waals surface area contributed by atoms with Gasteiger partial charge in [0.1, 0.15) is 17.2 Å². The normalized spacial score (nSPS) is 10.2. The molecule has 0 saturated carbocycles. The Balaban J connectivity index is 0.00000162. The van der Waals surface area contributed by atoms with Crippen LogP contribution in [0.1, 0.15) is 11.1 Å². The fraction of sp³-hybridized carbons (Fsp3) is 0. The Morgan fingerprint density at radius 1 is 0.611 bits per heavy atom. The topological polar surface area (TPSA) is 60.7 Å². The van der Waals surface area contributed by atoms with Gasteiger partial charge < -0.3 is 15.3 Å². The minimum Gasteiger partial charge on any atom is -0.508 e.